The predicted octanol–water partition coefficient (Wildman–Crippen LogP) is 1.73. The molecule has 0 bridgehead atoms. The quantitative estimate of drug-likeness (QED) is 0.631. The molecule has 17 heavy (non-hydrogen) atoms. The summed E-state index contributed by atoms with van der Waals surface area (Å²) in [7, 11) is 1.65. The second-order valence-corrected chi connectivity index (χ2v) is 5.07. The lowest BCUT2D eigenvalue weighted by Crippen LogP contribution is -2.26. The van der Waals surface area contributed by atoms with Gasteiger partial charge in [-0.1, -0.05) is 0 Å². The highest BCUT2D eigenvalue weighted by atomic mass is 32.2. The highest BCUT2D eigenvalue weighted by Crippen LogP contribution is 2.32. The van der Waals surface area contributed by atoms with Gasteiger partial charge in [0, 0.05) is 22.6 Å². The van der Waals surface area contributed by atoms with Gasteiger partial charge in [-0.3, -0.25) is 5.43 Å². The van der Waals surface area contributed by atoms with Crippen LogP contribution in [0.4, 0.5) is 0 Å². The summed E-state index contributed by atoms with van der Waals surface area (Å²) < 4.78 is 5.22. The Morgan fingerprint density at radius 2 is 2.41 bits per heavy atom. The number of hydrogen-bond donors (Lipinski definition) is 2. The van der Waals surface area contributed by atoms with Crippen molar-refractivity contribution in [1.82, 2.24) is 5.43 Å². The van der Waals surface area contributed by atoms with Crippen LogP contribution in [0.3, 0.4) is 0 Å². The zero-order valence-corrected chi connectivity index (χ0v) is 11.0. The van der Waals surface area contributed by atoms with Gasteiger partial charge in [0.25, 0.3) is 0 Å². The predicted molar refractivity (Wildman–Crippen MR) is 74.8 cm³/mol. The van der Waals surface area contributed by atoms with E-state index < -0.39 is 0 Å². The number of thioether (sulfide) groups is 1. The minimum Gasteiger partial charge on any atom is -0.497 e. The van der Waals surface area contributed by atoms with Crippen LogP contribution < -0.4 is 15.9 Å². The molecule has 1 aliphatic heterocycles. The van der Waals surface area contributed by atoms with Crippen molar-refractivity contribution < 1.29 is 4.74 Å². The van der Waals surface area contributed by atoms with Crippen LogP contribution in [-0.4, -0.2) is 23.7 Å². The topological polar surface area (TPSA) is 59.6 Å². The molecule has 0 aromatic heterocycles. The molecular weight excluding hydrogens is 254 g/mol. The van der Waals surface area contributed by atoms with Crippen LogP contribution in [0.1, 0.15) is 12.0 Å². The summed E-state index contributed by atoms with van der Waals surface area (Å²) in [4.78, 5) is 1.21. The van der Waals surface area contributed by atoms with Gasteiger partial charge in [0.15, 0.2) is 5.11 Å². The van der Waals surface area contributed by atoms with Crippen molar-refractivity contribution in [3.8, 4) is 5.75 Å². The minimum absolute atomic E-state index is 0.181. The fourth-order valence-electron chi connectivity index (χ4n) is 1.62. The van der Waals surface area contributed by atoms with Gasteiger partial charge in [-0.25, -0.2) is 0 Å². The molecule has 6 heteroatoms. The lowest BCUT2D eigenvalue weighted by Gasteiger charge is -2.18. The maximum Gasteiger partial charge on any atom is 0.184 e. The van der Waals surface area contributed by atoms with E-state index in [1.807, 2.05) is 30.0 Å². The Morgan fingerprint density at radius 3 is 3.12 bits per heavy atom. The Kier molecular flexibility index (Phi) is 3.86. The molecule has 0 aliphatic carbocycles. The van der Waals surface area contributed by atoms with Gasteiger partial charge in [0.1, 0.15) is 5.75 Å². The van der Waals surface area contributed by atoms with E-state index in [-0.39, 0.29) is 5.11 Å². The maximum absolute atomic E-state index is 5.37. The average molecular weight is 267 g/mol. The second-order valence-electron chi connectivity index (χ2n) is 3.50. The van der Waals surface area contributed by atoms with E-state index in [1.54, 1.807) is 7.11 Å². The first-order valence-electron chi connectivity index (χ1n) is 5.14. The van der Waals surface area contributed by atoms with Gasteiger partial charge in [-0.2, -0.15) is 5.10 Å². The molecular formula is C11H13N3OS2. The van der Waals surface area contributed by atoms with Gasteiger partial charge in [-0.15, -0.1) is 11.8 Å². The van der Waals surface area contributed by atoms with E-state index in [9.17, 15) is 0 Å². The average Bonchev–Trinajstić information content (AvgIpc) is 2.35. The number of hydrazone groups is 1. The summed E-state index contributed by atoms with van der Waals surface area (Å²) in [6, 6.07) is 5.99. The number of nitrogens with two attached hydrogens (primary N) is 1. The van der Waals surface area contributed by atoms with Crippen LogP contribution in [0, 0.1) is 0 Å². The van der Waals surface area contributed by atoms with Crippen molar-refractivity contribution in [3.05, 3.63) is 23.8 Å². The van der Waals surface area contributed by atoms with Crippen LogP contribution in [0.2, 0.25) is 0 Å². The van der Waals surface area contributed by atoms with Crippen LogP contribution in [0.15, 0.2) is 28.2 Å². The van der Waals surface area contributed by atoms with Gasteiger partial charge >= 0.3 is 0 Å². The van der Waals surface area contributed by atoms with Crippen molar-refractivity contribution in [2.75, 3.05) is 12.9 Å². The summed E-state index contributed by atoms with van der Waals surface area (Å²) in [5.41, 5.74) is 10.1. The number of hydrogen-bond acceptors (Lipinski definition) is 4. The molecule has 1 heterocycles. The van der Waals surface area contributed by atoms with E-state index in [2.05, 4.69) is 10.5 Å². The first-order valence-corrected chi connectivity index (χ1v) is 6.53. The standard InChI is InChI=1S/C11H13N3OS2/c1-15-7-2-3-10-8(6-7)9(4-5-17-10)13-14-11(12)16/h2-3,6H,4-5H2,1H3,(H3,12,14,16)/b13-9+. The molecule has 0 radical (unpaired) electrons. The highest BCUT2D eigenvalue weighted by Gasteiger charge is 2.17. The number of benzene rings is 1. The van der Waals surface area contributed by atoms with E-state index in [4.69, 9.17) is 22.7 Å². The van der Waals surface area contributed by atoms with Crippen LogP contribution in [0.25, 0.3) is 0 Å². The van der Waals surface area contributed by atoms with E-state index >= 15 is 0 Å². The first kappa shape index (κ1) is 12.2. The van der Waals surface area contributed by atoms with Gasteiger partial charge in [0.2, 0.25) is 0 Å². The molecule has 4 nitrogen and oxygen atoms in total. The van der Waals surface area contributed by atoms with E-state index in [0.29, 0.717) is 0 Å². The van der Waals surface area contributed by atoms with Crippen molar-refractivity contribution in [2.45, 2.75) is 11.3 Å². The molecule has 0 fully saturated rings. The largest absolute Gasteiger partial charge is 0.497 e. The Hall–Kier alpha value is -1.27. The summed E-state index contributed by atoms with van der Waals surface area (Å²) in [5, 5.41) is 4.41. The van der Waals surface area contributed by atoms with Crippen LogP contribution in [0.5, 0.6) is 5.75 Å². The third-order valence-corrected chi connectivity index (χ3v) is 3.56. The lowest BCUT2D eigenvalue weighted by atomic mass is 10.1. The van der Waals surface area contributed by atoms with Gasteiger partial charge in [0.05, 0.1) is 12.8 Å². The molecule has 0 saturated carbocycles. The number of nitrogens with zero attached hydrogens (tertiary/aromatic N) is 1. The SMILES string of the molecule is COc1ccc2c(c1)/C(=N/NC(N)=S)CCS2. The maximum atomic E-state index is 5.37. The number of nitrogens with one attached hydrogen (secondary N) is 1. The van der Waals surface area contributed by atoms with Crippen molar-refractivity contribution >= 4 is 34.8 Å². The minimum atomic E-state index is 0.181. The van der Waals surface area contributed by atoms with Gasteiger partial charge < -0.3 is 10.5 Å². The fourth-order valence-corrected chi connectivity index (χ4v) is 2.68. The molecule has 0 unspecified atom stereocenters. The number of rotatable bonds is 2. The van der Waals surface area contributed by atoms with Crippen molar-refractivity contribution in [2.24, 2.45) is 10.8 Å². The smallest absolute Gasteiger partial charge is 0.184 e. The van der Waals surface area contributed by atoms with E-state index in [1.165, 1.54) is 4.90 Å². The van der Waals surface area contributed by atoms with Crippen molar-refractivity contribution in [3.63, 3.8) is 0 Å². The van der Waals surface area contributed by atoms with Gasteiger partial charge in [-0.05, 0) is 30.4 Å². The molecule has 2 rings (SSSR count). The molecule has 1 aliphatic rings. The molecule has 1 aromatic carbocycles. The van der Waals surface area contributed by atoms with Crippen molar-refractivity contribution in [1.29, 1.82) is 0 Å². The Bertz CT molecular complexity index is 474. The molecule has 0 atom stereocenters. The van der Waals surface area contributed by atoms with Crippen LogP contribution in [-0.2, 0) is 0 Å². The number of methoxy groups -OCH3 is 1. The Balaban J connectivity index is 2.35. The third-order valence-electron chi connectivity index (χ3n) is 2.40. The lowest BCUT2D eigenvalue weighted by molar-refractivity contribution is 0.414. The number of fused-ring (bicyclic) bond motifs is 1. The summed E-state index contributed by atoms with van der Waals surface area (Å²) in [6.07, 6.45) is 0.889. The zero-order valence-electron chi connectivity index (χ0n) is 9.40. The Morgan fingerprint density at radius 1 is 1.59 bits per heavy atom. The summed E-state index contributed by atoms with van der Waals surface area (Å²) >= 11 is 6.56. The highest BCUT2D eigenvalue weighted by molar-refractivity contribution is 7.99. The Labute approximate surface area is 110 Å². The van der Waals surface area contributed by atoms with Crippen LogP contribution >= 0.6 is 24.0 Å². The van der Waals surface area contributed by atoms with E-state index in [0.717, 1.165) is 29.2 Å². The summed E-state index contributed by atoms with van der Waals surface area (Å²) in [6.45, 7) is 0. The molecule has 0 spiro atoms. The molecule has 3 N–H and O–H groups in total. The number of ether oxygens (including phenoxy) is 1. The zero-order chi connectivity index (χ0) is 12.3. The molecule has 0 amide bonds. The molecule has 90 valence electrons. The third kappa shape index (κ3) is 2.89. The molecule has 1 aromatic rings. The second kappa shape index (κ2) is 5.37. The number of thiocarbonyl (C=S) groups is 1. The fraction of sp³-hybridized carbons (Fsp3) is 0.273. The summed E-state index contributed by atoms with van der Waals surface area (Å²) in [5.74, 6) is 1.84. The normalized spacial score (nSPS) is 16.4. The molecule has 0 saturated heterocycles. The first-order chi connectivity index (χ1) is 8.20. The monoisotopic (exact) mass is 267 g/mol.